The maximum absolute atomic E-state index is 11.5. The number of oxazole rings is 1. The minimum absolute atomic E-state index is 0.164. The second-order valence-corrected chi connectivity index (χ2v) is 6.24. The summed E-state index contributed by atoms with van der Waals surface area (Å²) in [7, 11) is 0. The molecule has 1 aliphatic rings. The Morgan fingerprint density at radius 2 is 2.23 bits per heavy atom. The molecule has 2 N–H and O–H groups in total. The number of primary amides is 1. The van der Waals surface area contributed by atoms with Crippen LogP contribution in [0.1, 0.15) is 38.0 Å². The van der Waals surface area contributed by atoms with Crippen LogP contribution in [0.3, 0.4) is 0 Å². The van der Waals surface area contributed by atoms with Crippen LogP contribution in [-0.2, 0) is 4.79 Å². The Morgan fingerprint density at radius 1 is 1.50 bits per heavy atom. The highest BCUT2D eigenvalue weighted by atomic mass is 35.5. The van der Waals surface area contributed by atoms with E-state index < -0.39 is 0 Å². The van der Waals surface area contributed by atoms with Gasteiger partial charge in [-0.3, -0.25) is 9.69 Å². The number of piperidine rings is 1. The Morgan fingerprint density at radius 3 is 2.86 bits per heavy atom. The molecule has 1 atom stereocenters. The van der Waals surface area contributed by atoms with Crippen molar-refractivity contribution in [1.29, 1.82) is 0 Å². The molecule has 1 aliphatic heterocycles. The molecule has 6 heteroatoms. The fourth-order valence-corrected chi connectivity index (χ4v) is 3.36. The molecule has 0 spiro atoms. The number of rotatable bonds is 4. The van der Waals surface area contributed by atoms with Crippen molar-refractivity contribution in [1.82, 2.24) is 9.88 Å². The zero-order valence-electron chi connectivity index (χ0n) is 12.6. The Kier molecular flexibility index (Phi) is 4.36. The van der Waals surface area contributed by atoms with Gasteiger partial charge in [-0.05, 0) is 50.6 Å². The summed E-state index contributed by atoms with van der Waals surface area (Å²) in [4.78, 5) is 18.2. The molecule has 0 saturated carbocycles. The van der Waals surface area contributed by atoms with E-state index in [1.165, 1.54) is 0 Å². The Bertz CT molecular complexity index is 677. The highest BCUT2D eigenvalue weighted by Gasteiger charge is 2.29. The number of halogens is 1. The van der Waals surface area contributed by atoms with Crippen molar-refractivity contribution in [2.75, 3.05) is 13.1 Å². The number of benzene rings is 1. The molecule has 0 radical (unpaired) electrons. The van der Waals surface area contributed by atoms with Crippen molar-refractivity contribution in [2.45, 2.75) is 38.1 Å². The van der Waals surface area contributed by atoms with E-state index in [4.69, 9.17) is 21.8 Å². The lowest BCUT2D eigenvalue weighted by Gasteiger charge is -2.34. The van der Waals surface area contributed by atoms with E-state index in [0.717, 1.165) is 49.3 Å². The van der Waals surface area contributed by atoms with Gasteiger partial charge in [0.1, 0.15) is 5.52 Å². The molecular weight excluding hydrogens is 302 g/mol. The second-order valence-electron chi connectivity index (χ2n) is 5.80. The third-order valence-corrected chi connectivity index (χ3v) is 4.64. The summed E-state index contributed by atoms with van der Waals surface area (Å²) in [5, 5.41) is 0.661. The highest BCUT2D eigenvalue weighted by Crippen LogP contribution is 2.31. The predicted octanol–water partition coefficient (Wildman–Crippen LogP) is 2.92. The fourth-order valence-electron chi connectivity index (χ4n) is 3.19. The molecule has 5 nitrogen and oxygen atoms in total. The number of hydrogen-bond acceptors (Lipinski definition) is 4. The summed E-state index contributed by atoms with van der Waals surface area (Å²) in [5.74, 6) is 0.814. The zero-order chi connectivity index (χ0) is 15.7. The summed E-state index contributed by atoms with van der Waals surface area (Å²) < 4.78 is 5.85. The molecule has 2 heterocycles. The minimum atomic E-state index is -0.238. The third-order valence-electron chi connectivity index (χ3n) is 4.40. The van der Waals surface area contributed by atoms with Gasteiger partial charge in [-0.2, -0.15) is 0 Å². The largest absolute Gasteiger partial charge is 0.440 e. The van der Waals surface area contributed by atoms with Crippen molar-refractivity contribution in [3.05, 3.63) is 29.1 Å². The van der Waals surface area contributed by atoms with Gasteiger partial charge >= 0.3 is 0 Å². The molecule has 1 fully saturated rings. The van der Waals surface area contributed by atoms with Crippen LogP contribution in [0.15, 0.2) is 22.6 Å². The van der Waals surface area contributed by atoms with Crippen LogP contribution in [0.5, 0.6) is 0 Å². The highest BCUT2D eigenvalue weighted by molar-refractivity contribution is 6.31. The van der Waals surface area contributed by atoms with Gasteiger partial charge in [0.05, 0.1) is 6.04 Å². The van der Waals surface area contributed by atoms with Crippen LogP contribution < -0.4 is 5.73 Å². The molecule has 22 heavy (non-hydrogen) atoms. The predicted molar refractivity (Wildman–Crippen MR) is 85.8 cm³/mol. The summed E-state index contributed by atoms with van der Waals surface area (Å²) >= 11 is 5.98. The molecule has 1 saturated heterocycles. The first kappa shape index (κ1) is 15.3. The van der Waals surface area contributed by atoms with Crippen molar-refractivity contribution >= 4 is 28.6 Å². The van der Waals surface area contributed by atoms with Crippen LogP contribution in [-0.4, -0.2) is 34.9 Å². The van der Waals surface area contributed by atoms with Gasteiger partial charge in [-0.1, -0.05) is 18.5 Å². The lowest BCUT2D eigenvalue weighted by molar-refractivity contribution is -0.123. The third kappa shape index (κ3) is 2.96. The molecule has 3 rings (SSSR count). The first-order chi connectivity index (χ1) is 10.6. The van der Waals surface area contributed by atoms with Crippen molar-refractivity contribution < 1.29 is 9.21 Å². The van der Waals surface area contributed by atoms with Crippen LogP contribution in [0.25, 0.3) is 11.1 Å². The quantitative estimate of drug-likeness (QED) is 0.939. The summed E-state index contributed by atoms with van der Waals surface area (Å²) in [6, 6.07) is 5.31. The lowest BCUT2D eigenvalue weighted by Crippen LogP contribution is -2.47. The molecule has 2 aromatic rings. The summed E-state index contributed by atoms with van der Waals surface area (Å²) in [6.45, 7) is 3.67. The number of amides is 1. The molecule has 1 aromatic heterocycles. The topological polar surface area (TPSA) is 72.4 Å². The van der Waals surface area contributed by atoms with Crippen LogP contribution in [0.2, 0.25) is 5.02 Å². The summed E-state index contributed by atoms with van der Waals surface area (Å²) in [6.07, 6.45) is 2.59. The molecular formula is C16H20ClN3O2. The Labute approximate surface area is 134 Å². The molecule has 1 aromatic carbocycles. The first-order valence-corrected chi connectivity index (χ1v) is 8.05. The van der Waals surface area contributed by atoms with Gasteiger partial charge in [0, 0.05) is 10.9 Å². The monoisotopic (exact) mass is 321 g/mol. The van der Waals surface area contributed by atoms with E-state index in [-0.39, 0.29) is 17.9 Å². The van der Waals surface area contributed by atoms with Gasteiger partial charge in [-0.25, -0.2) is 4.98 Å². The maximum atomic E-state index is 11.5. The van der Waals surface area contributed by atoms with E-state index in [1.807, 2.05) is 19.1 Å². The van der Waals surface area contributed by atoms with E-state index >= 15 is 0 Å². The molecule has 118 valence electrons. The van der Waals surface area contributed by atoms with E-state index in [0.29, 0.717) is 5.02 Å². The number of nitrogens with zero attached hydrogens (tertiary/aromatic N) is 2. The van der Waals surface area contributed by atoms with Gasteiger partial charge in [0.15, 0.2) is 11.5 Å². The average Bonchev–Trinajstić information content (AvgIpc) is 2.91. The van der Waals surface area contributed by atoms with E-state index in [1.54, 1.807) is 6.07 Å². The van der Waals surface area contributed by atoms with Gasteiger partial charge in [-0.15, -0.1) is 0 Å². The van der Waals surface area contributed by atoms with Crippen molar-refractivity contribution in [2.24, 2.45) is 5.73 Å². The molecule has 1 unspecified atom stereocenters. The zero-order valence-corrected chi connectivity index (χ0v) is 13.3. The smallest absolute Gasteiger partial charge is 0.234 e. The molecule has 0 aliphatic carbocycles. The Hall–Kier alpha value is -1.59. The van der Waals surface area contributed by atoms with Crippen LogP contribution in [0.4, 0.5) is 0 Å². The maximum Gasteiger partial charge on any atom is 0.234 e. The fraction of sp³-hybridized carbons (Fsp3) is 0.500. The SMILES string of the molecule is CCC(C(N)=O)N1CCC(c2nc3cc(Cl)ccc3o2)CC1. The van der Waals surface area contributed by atoms with E-state index in [2.05, 4.69) is 9.88 Å². The average molecular weight is 322 g/mol. The lowest BCUT2D eigenvalue weighted by atomic mass is 9.95. The number of carbonyl (C=O) groups is 1. The van der Waals surface area contributed by atoms with Crippen LogP contribution >= 0.6 is 11.6 Å². The normalized spacial score (nSPS) is 18.6. The van der Waals surface area contributed by atoms with Gasteiger partial charge in [0.2, 0.25) is 5.91 Å². The Balaban J connectivity index is 1.71. The number of hydrogen-bond donors (Lipinski definition) is 1. The molecule has 1 amide bonds. The number of likely N-dealkylation sites (tertiary alicyclic amines) is 1. The number of carbonyl (C=O) groups excluding carboxylic acids is 1. The standard InChI is InChI=1S/C16H20ClN3O2/c1-2-13(15(18)21)20-7-5-10(6-8-20)16-19-12-9-11(17)3-4-14(12)22-16/h3-4,9-10,13H,2,5-8H2,1H3,(H2,18,21). The summed E-state index contributed by atoms with van der Waals surface area (Å²) in [5.41, 5.74) is 7.03. The van der Waals surface area contributed by atoms with Crippen molar-refractivity contribution in [3.63, 3.8) is 0 Å². The first-order valence-electron chi connectivity index (χ1n) is 7.68. The van der Waals surface area contributed by atoms with E-state index in [9.17, 15) is 4.79 Å². The second kappa shape index (κ2) is 6.26. The number of fused-ring (bicyclic) bond motifs is 1. The van der Waals surface area contributed by atoms with Gasteiger partial charge < -0.3 is 10.2 Å². The van der Waals surface area contributed by atoms with Gasteiger partial charge in [0.25, 0.3) is 0 Å². The number of nitrogens with two attached hydrogens (primary N) is 1. The minimum Gasteiger partial charge on any atom is -0.440 e. The van der Waals surface area contributed by atoms with Crippen LogP contribution in [0, 0.1) is 0 Å². The molecule has 0 bridgehead atoms. The number of aromatic nitrogens is 1. The van der Waals surface area contributed by atoms with Crippen molar-refractivity contribution in [3.8, 4) is 0 Å².